The molecule has 2 aromatic heterocycles. The maximum atomic E-state index is 6.37. The Morgan fingerprint density at radius 2 is 1.97 bits per heavy atom. The molecule has 4 rings (SSSR count). The van der Waals surface area contributed by atoms with Gasteiger partial charge in [-0.15, -0.1) is 0 Å². The van der Waals surface area contributed by atoms with E-state index >= 15 is 0 Å². The number of halogens is 1. The summed E-state index contributed by atoms with van der Waals surface area (Å²) in [6.07, 6.45) is 2.85. The average molecular weight is 498 g/mol. The van der Waals surface area contributed by atoms with Gasteiger partial charge in [-0.3, -0.25) is 4.98 Å². The van der Waals surface area contributed by atoms with Crippen molar-refractivity contribution >= 4 is 28.9 Å². The fourth-order valence-corrected chi connectivity index (χ4v) is 5.34. The zero-order valence-electron chi connectivity index (χ0n) is 20.4. The summed E-state index contributed by atoms with van der Waals surface area (Å²) < 4.78 is 7.88. The van der Waals surface area contributed by atoms with Gasteiger partial charge in [-0.2, -0.15) is 0 Å². The highest BCUT2D eigenvalue weighted by atomic mass is 35.5. The molecule has 1 saturated heterocycles. The first-order valence-corrected chi connectivity index (χ1v) is 12.3. The molecule has 6 nitrogen and oxygen atoms in total. The van der Waals surface area contributed by atoms with Gasteiger partial charge in [-0.1, -0.05) is 17.7 Å². The van der Waals surface area contributed by atoms with E-state index < -0.39 is 0 Å². The molecule has 3 aromatic rings. The molecule has 1 aromatic carbocycles. The molecule has 0 amide bonds. The van der Waals surface area contributed by atoms with Crippen molar-refractivity contribution in [1.82, 2.24) is 24.7 Å². The average Bonchev–Trinajstić information content (AvgIpc) is 3.29. The third-order valence-corrected chi connectivity index (χ3v) is 6.96. The SMILES string of the molecule is COc1ccc(Cl)cc1-n1c(C)cc([C@@H]2[C@H](c3ccccn3)NC(=S)N2CCCN(C)C)c1C. The Bertz CT molecular complexity index is 1160. The molecule has 3 heterocycles. The monoisotopic (exact) mass is 497 g/mol. The first-order valence-electron chi connectivity index (χ1n) is 11.5. The normalized spacial score (nSPS) is 18.0. The highest BCUT2D eigenvalue weighted by molar-refractivity contribution is 7.80. The number of aryl methyl sites for hydroxylation is 1. The molecule has 8 heteroatoms. The first kappa shape index (κ1) is 24.5. The second kappa shape index (κ2) is 10.3. The summed E-state index contributed by atoms with van der Waals surface area (Å²) in [5, 5.41) is 5.00. The second-order valence-electron chi connectivity index (χ2n) is 8.95. The molecule has 1 fully saturated rings. The lowest BCUT2D eigenvalue weighted by Gasteiger charge is -2.28. The van der Waals surface area contributed by atoms with Crippen molar-refractivity contribution in [3.63, 3.8) is 0 Å². The van der Waals surface area contributed by atoms with E-state index in [4.69, 9.17) is 28.6 Å². The summed E-state index contributed by atoms with van der Waals surface area (Å²) in [4.78, 5) is 9.19. The van der Waals surface area contributed by atoms with E-state index in [2.05, 4.69) is 64.7 Å². The number of methoxy groups -OCH3 is 1. The van der Waals surface area contributed by atoms with Crippen molar-refractivity contribution in [3.8, 4) is 11.4 Å². The molecule has 34 heavy (non-hydrogen) atoms. The van der Waals surface area contributed by atoms with Crippen LogP contribution < -0.4 is 10.1 Å². The lowest BCUT2D eigenvalue weighted by molar-refractivity contribution is 0.292. The second-order valence-corrected chi connectivity index (χ2v) is 9.78. The topological polar surface area (TPSA) is 45.6 Å². The third-order valence-electron chi connectivity index (χ3n) is 6.37. The van der Waals surface area contributed by atoms with E-state index in [-0.39, 0.29) is 12.1 Å². The number of hydrogen-bond donors (Lipinski definition) is 1. The zero-order chi connectivity index (χ0) is 24.4. The molecule has 0 saturated carbocycles. The van der Waals surface area contributed by atoms with Crippen LogP contribution in [-0.4, -0.2) is 58.8 Å². The summed E-state index contributed by atoms with van der Waals surface area (Å²) in [6, 6.07) is 14.0. The van der Waals surface area contributed by atoms with Crippen molar-refractivity contribution in [1.29, 1.82) is 0 Å². The van der Waals surface area contributed by atoms with Crippen LogP contribution in [0.4, 0.5) is 0 Å². The van der Waals surface area contributed by atoms with Crippen molar-refractivity contribution in [3.05, 3.63) is 76.3 Å². The quantitative estimate of drug-likeness (QED) is 0.438. The Kier molecular flexibility index (Phi) is 7.45. The maximum absolute atomic E-state index is 6.37. The van der Waals surface area contributed by atoms with E-state index in [0.717, 1.165) is 53.1 Å². The number of benzene rings is 1. The van der Waals surface area contributed by atoms with Crippen molar-refractivity contribution in [2.24, 2.45) is 0 Å². The van der Waals surface area contributed by atoms with Crippen LogP contribution in [0.1, 0.15) is 41.1 Å². The van der Waals surface area contributed by atoms with Gasteiger partial charge in [0.15, 0.2) is 5.11 Å². The number of hydrogen-bond acceptors (Lipinski definition) is 4. The molecule has 1 aliphatic rings. The Morgan fingerprint density at radius 1 is 1.18 bits per heavy atom. The smallest absolute Gasteiger partial charge is 0.170 e. The zero-order valence-corrected chi connectivity index (χ0v) is 22.0. The highest BCUT2D eigenvalue weighted by Gasteiger charge is 2.41. The van der Waals surface area contributed by atoms with E-state index in [1.54, 1.807) is 7.11 Å². The maximum Gasteiger partial charge on any atom is 0.170 e. The molecule has 0 radical (unpaired) electrons. The van der Waals surface area contributed by atoms with Gasteiger partial charge in [0, 0.05) is 29.2 Å². The van der Waals surface area contributed by atoms with E-state index in [0.29, 0.717) is 5.02 Å². The minimum Gasteiger partial charge on any atom is -0.495 e. The number of ether oxygens (including phenoxy) is 1. The number of rotatable bonds is 8. The number of pyridine rings is 1. The standard InChI is InChI=1S/C26H32ClN5OS/c1-17-15-20(18(2)32(17)22-16-19(27)10-11-23(22)33-5)25-24(21-9-6-7-12-28-21)29-26(34)31(25)14-8-13-30(3)4/h6-7,9-12,15-16,24-25H,8,13-14H2,1-5H3,(H,29,34)/t24-,25+/m0/s1. The minimum absolute atomic E-state index is 0.0229. The number of nitrogens with zero attached hydrogens (tertiary/aromatic N) is 4. The number of aromatic nitrogens is 2. The van der Waals surface area contributed by atoms with Gasteiger partial charge < -0.3 is 24.4 Å². The lowest BCUT2D eigenvalue weighted by Crippen LogP contribution is -2.32. The summed E-state index contributed by atoms with van der Waals surface area (Å²) >= 11 is 12.2. The predicted molar refractivity (Wildman–Crippen MR) is 142 cm³/mol. The summed E-state index contributed by atoms with van der Waals surface area (Å²) in [7, 11) is 5.88. The lowest BCUT2D eigenvalue weighted by atomic mass is 9.96. The molecule has 2 atom stereocenters. The van der Waals surface area contributed by atoms with Crippen LogP contribution in [-0.2, 0) is 0 Å². The van der Waals surface area contributed by atoms with Crippen LogP contribution in [0.2, 0.25) is 5.02 Å². The van der Waals surface area contributed by atoms with Gasteiger partial charge >= 0.3 is 0 Å². The Hall–Kier alpha value is -2.61. The predicted octanol–water partition coefficient (Wildman–Crippen LogP) is 5.08. The van der Waals surface area contributed by atoms with Crippen LogP contribution in [0.5, 0.6) is 5.75 Å². The molecule has 180 valence electrons. The minimum atomic E-state index is -0.0386. The van der Waals surface area contributed by atoms with Crippen molar-refractivity contribution < 1.29 is 4.74 Å². The number of nitrogens with one attached hydrogen (secondary N) is 1. The van der Waals surface area contributed by atoms with Crippen molar-refractivity contribution in [2.45, 2.75) is 32.4 Å². The molecule has 0 aliphatic carbocycles. The van der Waals surface area contributed by atoms with Crippen LogP contribution in [0.3, 0.4) is 0 Å². The van der Waals surface area contributed by atoms with Gasteiger partial charge in [0.25, 0.3) is 0 Å². The van der Waals surface area contributed by atoms with Gasteiger partial charge in [-0.05, 0) is 95.1 Å². The molecular formula is C26H32ClN5OS. The van der Waals surface area contributed by atoms with Crippen molar-refractivity contribution in [2.75, 3.05) is 34.3 Å². The van der Waals surface area contributed by atoms with Crippen LogP contribution in [0, 0.1) is 13.8 Å². The first-order chi connectivity index (χ1) is 16.3. The summed E-state index contributed by atoms with van der Waals surface area (Å²) in [5.41, 5.74) is 5.37. The van der Waals surface area contributed by atoms with Gasteiger partial charge in [-0.25, -0.2) is 0 Å². The van der Waals surface area contributed by atoms with Gasteiger partial charge in [0.05, 0.1) is 30.6 Å². The molecule has 0 unspecified atom stereocenters. The van der Waals surface area contributed by atoms with E-state index in [9.17, 15) is 0 Å². The fourth-order valence-electron chi connectivity index (χ4n) is 4.84. The Morgan fingerprint density at radius 3 is 2.65 bits per heavy atom. The third kappa shape index (κ3) is 4.78. The molecular weight excluding hydrogens is 466 g/mol. The molecule has 1 N–H and O–H groups in total. The van der Waals surface area contributed by atoms with Crippen LogP contribution in [0.15, 0.2) is 48.7 Å². The molecule has 0 spiro atoms. The Labute approximate surface area is 212 Å². The highest BCUT2D eigenvalue weighted by Crippen LogP contribution is 2.42. The van der Waals surface area contributed by atoms with Crippen LogP contribution in [0.25, 0.3) is 5.69 Å². The van der Waals surface area contributed by atoms with Gasteiger partial charge in [0.2, 0.25) is 0 Å². The number of thiocarbonyl (C=S) groups is 1. The summed E-state index contributed by atoms with van der Waals surface area (Å²) in [6.45, 7) is 6.13. The van der Waals surface area contributed by atoms with E-state index in [1.807, 2.05) is 36.5 Å². The Balaban J connectivity index is 1.81. The molecule has 0 bridgehead atoms. The largest absolute Gasteiger partial charge is 0.495 e. The molecule has 1 aliphatic heterocycles. The van der Waals surface area contributed by atoms with Crippen LogP contribution >= 0.6 is 23.8 Å². The fraction of sp³-hybridized carbons (Fsp3) is 0.385. The van der Waals surface area contributed by atoms with Gasteiger partial charge in [0.1, 0.15) is 5.75 Å². The summed E-state index contributed by atoms with van der Waals surface area (Å²) in [5.74, 6) is 0.780. The van der Waals surface area contributed by atoms with E-state index in [1.165, 1.54) is 5.56 Å².